The van der Waals surface area contributed by atoms with Crippen molar-refractivity contribution in [2.24, 2.45) is 7.05 Å². The Morgan fingerprint density at radius 2 is 1.60 bits per heavy atom. The van der Waals surface area contributed by atoms with Gasteiger partial charge in [0.05, 0.1) is 0 Å². The standard InChI is InChI=1S/C16H13N2.C9H7N2.Ir/c1-18-11-10-16(17-18)15-9-5-8-14(12-15)13-6-3-2-4-7-13;1-2-5-9(6-3-1)11-8-4-7-10-11;/h2-8,10-12H,1H3;1-5,7-8H;/q2*-1;. The van der Waals surface area contributed by atoms with E-state index in [1.165, 1.54) is 11.1 Å². The van der Waals surface area contributed by atoms with Crippen LogP contribution in [0.4, 0.5) is 0 Å². The van der Waals surface area contributed by atoms with Gasteiger partial charge in [-0.15, -0.1) is 41.5 Å². The van der Waals surface area contributed by atoms with Gasteiger partial charge in [-0.1, -0.05) is 36.4 Å². The maximum Gasteiger partial charge on any atom is 0.0493 e. The number of benzene rings is 3. The summed E-state index contributed by atoms with van der Waals surface area (Å²) < 4.78 is 3.58. The molecule has 5 aromatic rings. The molecule has 0 saturated carbocycles. The van der Waals surface area contributed by atoms with Crippen LogP contribution in [0.15, 0.2) is 104 Å². The Balaban J connectivity index is 0.000000184. The fraction of sp³-hybridized carbons (Fsp3) is 0.0400. The third kappa shape index (κ3) is 5.41. The van der Waals surface area contributed by atoms with Crippen LogP contribution in [0.2, 0.25) is 0 Å². The summed E-state index contributed by atoms with van der Waals surface area (Å²) in [5, 5.41) is 8.47. The molecule has 0 saturated heterocycles. The van der Waals surface area contributed by atoms with Gasteiger partial charge in [-0.2, -0.15) is 29.4 Å². The molecular formula is C25H20IrN4-2. The van der Waals surface area contributed by atoms with Gasteiger partial charge in [0.2, 0.25) is 0 Å². The zero-order chi connectivity index (χ0) is 19.9. The van der Waals surface area contributed by atoms with Crippen molar-refractivity contribution in [2.45, 2.75) is 0 Å². The minimum atomic E-state index is 0. The van der Waals surface area contributed by atoms with Crippen molar-refractivity contribution < 1.29 is 20.1 Å². The summed E-state index contributed by atoms with van der Waals surface area (Å²) in [4.78, 5) is 0. The maximum absolute atomic E-state index is 4.40. The zero-order valence-corrected chi connectivity index (χ0v) is 18.8. The topological polar surface area (TPSA) is 35.6 Å². The monoisotopic (exact) mass is 569 g/mol. The molecule has 2 aromatic heterocycles. The number of hydrogen-bond acceptors (Lipinski definition) is 2. The summed E-state index contributed by atoms with van der Waals surface area (Å²) in [7, 11) is 1.92. The van der Waals surface area contributed by atoms with E-state index in [2.05, 4.69) is 46.6 Å². The Morgan fingerprint density at radius 3 is 2.27 bits per heavy atom. The van der Waals surface area contributed by atoms with Crippen molar-refractivity contribution in [3.63, 3.8) is 0 Å². The Kier molecular flexibility index (Phi) is 7.50. The molecule has 0 spiro atoms. The van der Waals surface area contributed by atoms with Gasteiger partial charge in [-0.3, -0.25) is 9.36 Å². The molecule has 0 unspecified atom stereocenters. The molecule has 0 amide bonds. The van der Waals surface area contributed by atoms with Crippen LogP contribution in [0.1, 0.15) is 0 Å². The minimum absolute atomic E-state index is 0. The zero-order valence-electron chi connectivity index (χ0n) is 16.4. The Morgan fingerprint density at radius 1 is 0.767 bits per heavy atom. The van der Waals surface area contributed by atoms with Crippen LogP contribution in [0, 0.1) is 12.1 Å². The number of rotatable bonds is 3. The molecular weight excluding hydrogens is 549 g/mol. The fourth-order valence-corrected chi connectivity index (χ4v) is 2.92. The van der Waals surface area contributed by atoms with Crippen molar-refractivity contribution in [3.05, 3.63) is 116 Å². The van der Waals surface area contributed by atoms with E-state index in [1.807, 2.05) is 80.1 Å². The first-order valence-electron chi connectivity index (χ1n) is 9.33. The van der Waals surface area contributed by atoms with E-state index in [-0.39, 0.29) is 20.1 Å². The van der Waals surface area contributed by atoms with Crippen molar-refractivity contribution in [3.8, 4) is 28.1 Å². The third-order valence-electron chi connectivity index (χ3n) is 4.34. The average Bonchev–Trinajstić information content (AvgIpc) is 3.48. The van der Waals surface area contributed by atoms with Crippen molar-refractivity contribution in [2.75, 3.05) is 0 Å². The van der Waals surface area contributed by atoms with Crippen LogP contribution < -0.4 is 0 Å². The first-order chi connectivity index (χ1) is 14.3. The Bertz CT molecular complexity index is 1150. The summed E-state index contributed by atoms with van der Waals surface area (Å²) in [6.45, 7) is 0. The van der Waals surface area contributed by atoms with Gasteiger partial charge in [0, 0.05) is 51.4 Å². The largest absolute Gasteiger partial charge is 0.285 e. The summed E-state index contributed by atoms with van der Waals surface area (Å²) in [6, 6.07) is 34.4. The van der Waals surface area contributed by atoms with Gasteiger partial charge in [-0.05, 0) is 17.3 Å². The number of aromatic nitrogens is 4. The second-order valence-corrected chi connectivity index (χ2v) is 6.43. The van der Waals surface area contributed by atoms with Crippen molar-refractivity contribution in [1.82, 2.24) is 19.6 Å². The number of para-hydroxylation sites is 1. The first-order valence-corrected chi connectivity index (χ1v) is 9.33. The molecule has 151 valence electrons. The molecule has 5 heteroatoms. The molecule has 0 fully saturated rings. The molecule has 2 heterocycles. The van der Waals surface area contributed by atoms with Crippen molar-refractivity contribution in [1.29, 1.82) is 0 Å². The molecule has 0 N–H and O–H groups in total. The predicted octanol–water partition coefficient (Wildman–Crippen LogP) is 5.22. The Hall–Kier alpha value is -3.27. The second kappa shape index (κ2) is 10.5. The number of aryl methyl sites for hydroxylation is 1. The number of hydrogen-bond donors (Lipinski definition) is 0. The van der Waals surface area contributed by atoms with Gasteiger partial charge in [0.25, 0.3) is 0 Å². The number of nitrogens with zero attached hydrogens (tertiary/aromatic N) is 4. The summed E-state index contributed by atoms with van der Waals surface area (Å²) in [6.07, 6.45) is 5.59. The van der Waals surface area contributed by atoms with Crippen LogP contribution in [0.5, 0.6) is 0 Å². The second-order valence-electron chi connectivity index (χ2n) is 6.43. The van der Waals surface area contributed by atoms with E-state index in [9.17, 15) is 0 Å². The van der Waals surface area contributed by atoms with Gasteiger partial charge in [0.1, 0.15) is 0 Å². The van der Waals surface area contributed by atoms with E-state index < -0.39 is 0 Å². The molecule has 0 bridgehead atoms. The minimum Gasteiger partial charge on any atom is -0.285 e. The summed E-state index contributed by atoms with van der Waals surface area (Å²) in [5.74, 6) is 0. The van der Waals surface area contributed by atoms with Crippen LogP contribution in [0.3, 0.4) is 0 Å². The molecule has 0 aliphatic carbocycles. The predicted molar refractivity (Wildman–Crippen MR) is 115 cm³/mol. The normalized spacial score (nSPS) is 9.90. The molecule has 0 aliphatic rings. The molecule has 5 rings (SSSR count). The molecule has 30 heavy (non-hydrogen) atoms. The summed E-state index contributed by atoms with van der Waals surface area (Å²) in [5.41, 5.74) is 5.35. The Labute approximate surface area is 190 Å². The molecule has 3 aromatic carbocycles. The third-order valence-corrected chi connectivity index (χ3v) is 4.34. The van der Waals surface area contributed by atoms with E-state index in [0.29, 0.717) is 0 Å². The molecule has 0 aliphatic heterocycles. The maximum atomic E-state index is 4.40. The molecule has 4 nitrogen and oxygen atoms in total. The van der Waals surface area contributed by atoms with Crippen LogP contribution in [-0.2, 0) is 27.2 Å². The van der Waals surface area contributed by atoms with Gasteiger partial charge in [-0.25, -0.2) is 5.10 Å². The van der Waals surface area contributed by atoms with Crippen LogP contribution in [0.25, 0.3) is 28.1 Å². The van der Waals surface area contributed by atoms with Gasteiger partial charge >= 0.3 is 0 Å². The van der Waals surface area contributed by atoms with Crippen LogP contribution in [-0.4, -0.2) is 19.6 Å². The van der Waals surface area contributed by atoms with E-state index in [1.54, 1.807) is 15.6 Å². The van der Waals surface area contributed by atoms with Gasteiger partial charge < -0.3 is 0 Å². The smallest absolute Gasteiger partial charge is 0.0493 e. The van der Waals surface area contributed by atoms with Crippen molar-refractivity contribution >= 4 is 0 Å². The molecule has 0 atom stereocenters. The van der Waals surface area contributed by atoms with Gasteiger partial charge in [0.15, 0.2) is 0 Å². The first kappa shape index (κ1) is 21.4. The SMILES string of the molecule is Cn1ccc(-c2[c-]ccc(-c3ccccc3)c2)n1.[Ir].[c-]1ccccc1-n1cccn1. The van der Waals surface area contributed by atoms with Crippen LogP contribution >= 0.6 is 0 Å². The van der Waals surface area contributed by atoms with E-state index in [0.717, 1.165) is 16.9 Å². The quantitative estimate of drug-likeness (QED) is 0.280. The average molecular weight is 569 g/mol. The van der Waals surface area contributed by atoms with E-state index in [4.69, 9.17) is 0 Å². The fourth-order valence-electron chi connectivity index (χ4n) is 2.92. The van der Waals surface area contributed by atoms with E-state index >= 15 is 0 Å². The summed E-state index contributed by atoms with van der Waals surface area (Å²) >= 11 is 0. The molecule has 1 radical (unpaired) electrons.